The summed E-state index contributed by atoms with van der Waals surface area (Å²) in [6.07, 6.45) is 3.86. The van der Waals surface area contributed by atoms with Crippen molar-refractivity contribution in [1.29, 1.82) is 0 Å². The first-order valence-corrected chi connectivity index (χ1v) is 3.83. The molecule has 0 aliphatic heterocycles. The number of hydrogen-bond acceptors (Lipinski definition) is 3. The van der Waals surface area contributed by atoms with Gasteiger partial charge in [-0.25, -0.2) is 5.43 Å². The number of hydrogen-bond donors (Lipinski definition) is 3. The molecule has 0 spiro atoms. The molecule has 0 bridgehead atoms. The van der Waals surface area contributed by atoms with Crippen molar-refractivity contribution in [2.24, 2.45) is 5.73 Å². The molecule has 0 rings (SSSR count). The van der Waals surface area contributed by atoms with Crippen LogP contribution in [0.25, 0.3) is 0 Å². The van der Waals surface area contributed by atoms with E-state index in [2.05, 4.69) is 17.4 Å². The van der Waals surface area contributed by atoms with E-state index in [0.29, 0.717) is 0 Å². The summed E-state index contributed by atoms with van der Waals surface area (Å²) in [6.45, 7) is 6.15. The summed E-state index contributed by atoms with van der Waals surface area (Å²) in [5.74, 6) is -0.330. The van der Waals surface area contributed by atoms with Gasteiger partial charge in [-0.3, -0.25) is 10.2 Å². The van der Waals surface area contributed by atoms with Crippen LogP contribution in [0.5, 0.6) is 0 Å². The van der Waals surface area contributed by atoms with Crippen LogP contribution in [0.3, 0.4) is 0 Å². The summed E-state index contributed by atoms with van der Waals surface area (Å²) < 4.78 is 0. The Morgan fingerprint density at radius 1 is 1.67 bits per heavy atom. The molecule has 0 aliphatic carbocycles. The molecule has 0 saturated carbocycles. The molecule has 4 N–H and O–H groups in total. The van der Waals surface area contributed by atoms with Crippen LogP contribution < -0.4 is 16.6 Å². The zero-order chi connectivity index (χ0) is 9.40. The van der Waals surface area contributed by atoms with E-state index in [1.54, 1.807) is 0 Å². The summed E-state index contributed by atoms with van der Waals surface area (Å²) in [5.41, 5.74) is 10.7. The van der Waals surface area contributed by atoms with Gasteiger partial charge in [0.05, 0.1) is 5.70 Å². The minimum absolute atomic E-state index is 0.147. The molecule has 0 unspecified atom stereocenters. The van der Waals surface area contributed by atoms with Gasteiger partial charge in [-0.1, -0.05) is 19.6 Å². The quantitative estimate of drug-likeness (QED) is 0.236. The second kappa shape index (κ2) is 6.42. The van der Waals surface area contributed by atoms with Gasteiger partial charge in [0.2, 0.25) is 0 Å². The summed E-state index contributed by atoms with van der Waals surface area (Å²) in [4.78, 5) is 11.0. The van der Waals surface area contributed by atoms with Gasteiger partial charge in [0.1, 0.15) is 0 Å². The van der Waals surface area contributed by atoms with Crippen molar-refractivity contribution in [2.75, 3.05) is 6.54 Å². The van der Waals surface area contributed by atoms with Crippen molar-refractivity contribution >= 4 is 5.91 Å². The van der Waals surface area contributed by atoms with Crippen LogP contribution in [0.4, 0.5) is 0 Å². The first-order chi connectivity index (χ1) is 5.72. The monoisotopic (exact) mass is 169 g/mol. The molecule has 68 valence electrons. The molecule has 0 atom stereocenters. The zero-order valence-electron chi connectivity index (χ0n) is 7.26. The highest BCUT2D eigenvalue weighted by Gasteiger charge is 2.00. The fourth-order valence-corrected chi connectivity index (χ4v) is 0.543. The Labute approximate surface area is 72.5 Å². The van der Waals surface area contributed by atoms with Crippen LogP contribution in [0, 0.1) is 0 Å². The van der Waals surface area contributed by atoms with Gasteiger partial charge in [-0.15, -0.1) is 0 Å². The lowest BCUT2D eigenvalue weighted by Gasteiger charge is -2.04. The second-order valence-electron chi connectivity index (χ2n) is 2.24. The SMILES string of the molecule is C=C/C=C(/N)C(=O)NNCCC. The molecule has 0 fully saturated rings. The molecular formula is C8H15N3O. The fraction of sp³-hybridized carbons (Fsp3) is 0.375. The van der Waals surface area contributed by atoms with E-state index in [-0.39, 0.29) is 11.6 Å². The standard InChI is InChI=1S/C8H15N3O/c1-3-5-7(9)8(12)11-10-6-4-2/h3,5,10H,1,4,6,9H2,2H3,(H,11,12)/b7-5+. The normalized spacial score (nSPS) is 10.9. The zero-order valence-corrected chi connectivity index (χ0v) is 7.26. The molecule has 12 heavy (non-hydrogen) atoms. The lowest BCUT2D eigenvalue weighted by Crippen LogP contribution is -2.40. The van der Waals surface area contributed by atoms with Crippen LogP contribution in [0.1, 0.15) is 13.3 Å². The van der Waals surface area contributed by atoms with Crippen LogP contribution in [0.15, 0.2) is 24.4 Å². The van der Waals surface area contributed by atoms with E-state index < -0.39 is 0 Å². The van der Waals surface area contributed by atoms with Gasteiger partial charge in [-0.05, 0) is 12.5 Å². The Bertz CT molecular complexity index is 187. The number of nitrogens with one attached hydrogen (secondary N) is 2. The van der Waals surface area contributed by atoms with Crippen LogP contribution in [0.2, 0.25) is 0 Å². The van der Waals surface area contributed by atoms with E-state index in [9.17, 15) is 4.79 Å². The third-order valence-electron chi connectivity index (χ3n) is 1.14. The van der Waals surface area contributed by atoms with Crippen molar-refractivity contribution in [3.63, 3.8) is 0 Å². The summed E-state index contributed by atoms with van der Waals surface area (Å²) in [7, 11) is 0. The third kappa shape index (κ3) is 4.51. The van der Waals surface area contributed by atoms with Crippen molar-refractivity contribution in [2.45, 2.75) is 13.3 Å². The largest absolute Gasteiger partial charge is 0.394 e. The van der Waals surface area contributed by atoms with Gasteiger partial charge in [0.25, 0.3) is 5.91 Å². The number of carbonyl (C=O) groups excluding carboxylic acids is 1. The number of nitrogens with two attached hydrogens (primary N) is 1. The van der Waals surface area contributed by atoms with E-state index in [4.69, 9.17) is 5.73 Å². The predicted octanol–water partition coefficient (Wildman–Crippen LogP) is 0.0458. The minimum atomic E-state index is -0.330. The number of amides is 1. The molecular weight excluding hydrogens is 154 g/mol. The summed E-state index contributed by atoms with van der Waals surface area (Å²) >= 11 is 0. The highest BCUT2D eigenvalue weighted by molar-refractivity contribution is 5.92. The third-order valence-corrected chi connectivity index (χ3v) is 1.14. The maximum Gasteiger partial charge on any atom is 0.281 e. The molecule has 0 radical (unpaired) electrons. The number of hydrazine groups is 1. The van der Waals surface area contributed by atoms with E-state index in [1.165, 1.54) is 12.2 Å². The molecule has 0 aromatic carbocycles. The van der Waals surface area contributed by atoms with E-state index in [1.807, 2.05) is 6.92 Å². The number of rotatable bonds is 5. The average molecular weight is 169 g/mol. The smallest absolute Gasteiger partial charge is 0.281 e. The maximum atomic E-state index is 11.0. The molecule has 0 saturated heterocycles. The van der Waals surface area contributed by atoms with Crippen molar-refractivity contribution in [3.05, 3.63) is 24.4 Å². The lowest BCUT2D eigenvalue weighted by atomic mass is 10.4. The fourth-order valence-electron chi connectivity index (χ4n) is 0.543. The molecule has 4 heteroatoms. The number of carbonyl (C=O) groups is 1. The lowest BCUT2D eigenvalue weighted by molar-refractivity contribution is -0.118. The average Bonchev–Trinajstić information content (AvgIpc) is 2.05. The maximum absolute atomic E-state index is 11.0. The van der Waals surface area contributed by atoms with Crippen LogP contribution in [-0.2, 0) is 4.79 Å². The Morgan fingerprint density at radius 2 is 2.33 bits per heavy atom. The van der Waals surface area contributed by atoms with Gasteiger partial charge >= 0.3 is 0 Å². The highest BCUT2D eigenvalue weighted by atomic mass is 16.2. The van der Waals surface area contributed by atoms with Gasteiger partial charge < -0.3 is 5.73 Å². The first kappa shape index (κ1) is 10.7. The van der Waals surface area contributed by atoms with Crippen LogP contribution in [-0.4, -0.2) is 12.5 Å². The Hall–Kier alpha value is -1.29. The van der Waals surface area contributed by atoms with Gasteiger partial charge in [0, 0.05) is 6.54 Å². The van der Waals surface area contributed by atoms with Gasteiger partial charge in [-0.2, -0.15) is 0 Å². The minimum Gasteiger partial charge on any atom is -0.394 e. The summed E-state index contributed by atoms with van der Waals surface area (Å²) in [6, 6.07) is 0. The molecule has 0 aromatic heterocycles. The second-order valence-corrected chi connectivity index (χ2v) is 2.24. The Morgan fingerprint density at radius 3 is 2.83 bits per heavy atom. The predicted molar refractivity (Wildman–Crippen MR) is 48.9 cm³/mol. The highest BCUT2D eigenvalue weighted by Crippen LogP contribution is 1.82. The molecule has 0 aromatic rings. The first-order valence-electron chi connectivity index (χ1n) is 3.83. The van der Waals surface area contributed by atoms with Crippen molar-refractivity contribution in [1.82, 2.24) is 10.9 Å². The molecule has 0 heterocycles. The molecule has 0 aliphatic rings. The van der Waals surface area contributed by atoms with Crippen LogP contribution >= 0.6 is 0 Å². The van der Waals surface area contributed by atoms with Crippen molar-refractivity contribution < 1.29 is 4.79 Å². The van der Waals surface area contributed by atoms with Crippen molar-refractivity contribution in [3.8, 4) is 0 Å². The summed E-state index contributed by atoms with van der Waals surface area (Å²) in [5, 5.41) is 0. The number of allylic oxidation sites excluding steroid dienone is 2. The Kier molecular flexibility index (Phi) is 5.73. The molecule has 1 amide bonds. The Balaban J connectivity index is 3.72. The van der Waals surface area contributed by atoms with Gasteiger partial charge in [0.15, 0.2) is 0 Å². The van der Waals surface area contributed by atoms with E-state index >= 15 is 0 Å². The van der Waals surface area contributed by atoms with E-state index in [0.717, 1.165) is 13.0 Å². The molecule has 4 nitrogen and oxygen atoms in total. The topological polar surface area (TPSA) is 67.2 Å².